The second-order valence-electron chi connectivity index (χ2n) is 6.20. The van der Waals surface area contributed by atoms with Crippen molar-refractivity contribution in [3.05, 3.63) is 79.8 Å². The van der Waals surface area contributed by atoms with Crippen molar-refractivity contribution in [3.63, 3.8) is 0 Å². The van der Waals surface area contributed by atoms with Crippen LogP contribution in [0, 0.1) is 0 Å². The van der Waals surface area contributed by atoms with Crippen LogP contribution in [-0.2, 0) is 5.75 Å². The number of thiazole rings is 1. The molecule has 29 heavy (non-hydrogen) atoms. The van der Waals surface area contributed by atoms with Crippen LogP contribution >= 0.6 is 34.4 Å². The molecule has 0 aliphatic rings. The van der Waals surface area contributed by atoms with Crippen molar-refractivity contribution < 1.29 is 0 Å². The molecular weight excluding hydrogens is 426 g/mol. The molecule has 7 nitrogen and oxygen atoms in total. The van der Waals surface area contributed by atoms with Gasteiger partial charge in [0.25, 0.3) is 11.1 Å². The number of fused-ring (bicyclic) bond motifs is 2. The van der Waals surface area contributed by atoms with Crippen LogP contribution in [0.25, 0.3) is 26.3 Å². The van der Waals surface area contributed by atoms with E-state index in [4.69, 9.17) is 5.84 Å². The summed E-state index contributed by atoms with van der Waals surface area (Å²) in [4.78, 5) is 35.4. The summed E-state index contributed by atoms with van der Waals surface area (Å²) in [6.07, 6.45) is 1.69. The van der Waals surface area contributed by atoms with Gasteiger partial charge in [-0.3, -0.25) is 14.0 Å². The second kappa shape index (κ2) is 7.14. The van der Waals surface area contributed by atoms with Crippen LogP contribution in [-0.4, -0.2) is 19.0 Å². The summed E-state index contributed by atoms with van der Waals surface area (Å²) < 4.78 is 2.57. The first-order chi connectivity index (χ1) is 14.1. The third-order valence-corrected chi connectivity index (χ3v) is 7.01. The van der Waals surface area contributed by atoms with Gasteiger partial charge < -0.3 is 5.84 Å². The third-order valence-electron chi connectivity index (χ3n) is 4.40. The van der Waals surface area contributed by atoms with Crippen molar-refractivity contribution in [1.29, 1.82) is 0 Å². The molecule has 0 aliphatic heterocycles. The van der Waals surface area contributed by atoms with Crippen LogP contribution < -0.4 is 17.0 Å². The maximum Gasteiger partial charge on any atom is 0.282 e. The molecule has 4 heterocycles. The molecule has 1 aromatic carbocycles. The van der Waals surface area contributed by atoms with Gasteiger partial charge in [-0.2, -0.15) is 0 Å². The van der Waals surface area contributed by atoms with Crippen LogP contribution in [0.4, 0.5) is 0 Å². The summed E-state index contributed by atoms with van der Waals surface area (Å²) in [5.74, 6) is 6.45. The molecule has 0 amide bonds. The lowest BCUT2D eigenvalue weighted by molar-refractivity contribution is 0.781. The van der Waals surface area contributed by atoms with E-state index in [-0.39, 0.29) is 11.1 Å². The molecule has 144 valence electrons. The lowest BCUT2D eigenvalue weighted by Gasteiger charge is -2.07. The monoisotopic (exact) mass is 439 g/mol. The van der Waals surface area contributed by atoms with Gasteiger partial charge in [0.2, 0.25) is 0 Å². The molecule has 5 rings (SSSR count). The van der Waals surface area contributed by atoms with E-state index in [1.807, 2.05) is 41.1 Å². The van der Waals surface area contributed by atoms with Crippen molar-refractivity contribution >= 4 is 49.6 Å². The van der Waals surface area contributed by atoms with Gasteiger partial charge in [-0.1, -0.05) is 42.1 Å². The molecule has 0 radical (unpaired) electrons. The third kappa shape index (κ3) is 3.15. The number of nitrogens with zero attached hydrogens (tertiary/aromatic N) is 4. The van der Waals surface area contributed by atoms with Crippen LogP contribution in [0.5, 0.6) is 0 Å². The van der Waals surface area contributed by atoms with Gasteiger partial charge in [0.15, 0.2) is 10.1 Å². The Morgan fingerprint density at radius 1 is 1.10 bits per heavy atom. The van der Waals surface area contributed by atoms with Gasteiger partial charge >= 0.3 is 0 Å². The van der Waals surface area contributed by atoms with Gasteiger partial charge in [0.1, 0.15) is 4.83 Å². The van der Waals surface area contributed by atoms with E-state index < -0.39 is 0 Å². The zero-order chi connectivity index (χ0) is 20.0. The zero-order valence-electron chi connectivity index (χ0n) is 14.8. The molecule has 4 aromatic heterocycles. The Kier molecular flexibility index (Phi) is 4.46. The highest BCUT2D eigenvalue weighted by Crippen LogP contribution is 2.32. The molecule has 0 saturated carbocycles. The Morgan fingerprint density at radius 2 is 1.93 bits per heavy atom. The minimum absolute atomic E-state index is 0.133. The fourth-order valence-electron chi connectivity index (χ4n) is 3.02. The Morgan fingerprint density at radius 3 is 2.76 bits per heavy atom. The summed E-state index contributed by atoms with van der Waals surface area (Å²) in [6, 6.07) is 11.2. The molecule has 0 fully saturated rings. The molecule has 0 spiro atoms. The fraction of sp³-hybridized carbons (Fsp3) is 0.0526. The first kappa shape index (κ1) is 18.1. The lowest BCUT2D eigenvalue weighted by Crippen LogP contribution is -2.29. The summed E-state index contributed by atoms with van der Waals surface area (Å²) in [7, 11) is 0. The van der Waals surface area contributed by atoms with Crippen molar-refractivity contribution in [2.45, 2.75) is 10.9 Å². The summed E-state index contributed by atoms with van der Waals surface area (Å²) in [5, 5.41) is 4.65. The first-order valence-corrected chi connectivity index (χ1v) is 11.3. The summed E-state index contributed by atoms with van der Waals surface area (Å²) >= 11 is 4.09. The average Bonchev–Trinajstić information content (AvgIpc) is 3.37. The highest BCUT2D eigenvalue weighted by Gasteiger charge is 2.16. The van der Waals surface area contributed by atoms with Crippen molar-refractivity contribution in [3.8, 4) is 11.1 Å². The maximum absolute atomic E-state index is 12.9. The molecule has 10 heteroatoms. The standard InChI is InChI=1S/C19H13N5O2S3/c20-24-17(26)15-13(11-4-2-1-3-5-11)10-28-16(15)22-19(24)29-9-12-8-14(25)23-6-7-27-18(23)21-12/h1-8,10H,9,20H2. The zero-order valence-corrected chi connectivity index (χ0v) is 17.3. The summed E-state index contributed by atoms with van der Waals surface area (Å²) in [5.41, 5.74) is 1.97. The Bertz CT molecular complexity index is 1470. The van der Waals surface area contributed by atoms with E-state index in [1.165, 1.54) is 44.9 Å². The highest BCUT2D eigenvalue weighted by atomic mass is 32.2. The molecule has 2 N–H and O–H groups in total. The number of rotatable bonds is 4. The topological polar surface area (TPSA) is 95.3 Å². The minimum atomic E-state index is -0.292. The van der Waals surface area contributed by atoms with Crippen molar-refractivity contribution in [1.82, 2.24) is 19.0 Å². The molecular formula is C19H13N5O2S3. The molecule has 0 bridgehead atoms. The maximum atomic E-state index is 12.9. The Balaban J connectivity index is 1.51. The van der Waals surface area contributed by atoms with E-state index in [9.17, 15) is 9.59 Å². The number of nitrogens with two attached hydrogens (primary N) is 1. The van der Waals surface area contributed by atoms with Crippen LogP contribution in [0.3, 0.4) is 0 Å². The summed E-state index contributed by atoms with van der Waals surface area (Å²) in [6.45, 7) is 0. The van der Waals surface area contributed by atoms with E-state index in [2.05, 4.69) is 9.97 Å². The Hall–Kier alpha value is -2.95. The molecule has 5 aromatic rings. The van der Waals surface area contributed by atoms with Gasteiger partial charge in [-0.15, -0.1) is 22.7 Å². The molecule has 0 saturated heterocycles. The SMILES string of the molecule is Nn1c(SCc2cc(=O)n3ccsc3n2)nc2scc(-c3ccccc3)c2c1=O. The number of nitrogen functional groups attached to an aromatic ring is 1. The number of aromatic nitrogens is 4. The van der Waals surface area contributed by atoms with Crippen LogP contribution in [0.1, 0.15) is 5.69 Å². The number of benzene rings is 1. The lowest BCUT2D eigenvalue weighted by atomic mass is 10.1. The molecule has 0 unspecified atom stereocenters. The van der Waals surface area contributed by atoms with Gasteiger partial charge in [-0.25, -0.2) is 14.6 Å². The predicted octanol–water partition coefficient (Wildman–Crippen LogP) is 3.20. The van der Waals surface area contributed by atoms with Crippen molar-refractivity contribution in [2.75, 3.05) is 5.84 Å². The minimum Gasteiger partial charge on any atom is -0.334 e. The van der Waals surface area contributed by atoms with E-state index >= 15 is 0 Å². The van der Waals surface area contributed by atoms with Gasteiger partial charge in [0, 0.05) is 34.3 Å². The van der Waals surface area contributed by atoms with E-state index in [1.54, 1.807) is 6.20 Å². The molecule has 0 aliphatic carbocycles. The largest absolute Gasteiger partial charge is 0.334 e. The number of hydrogen-bond donors (Lipinski definition) is 1. The van der Waals surface area contributed by atoms with Gasteiger partial charge in [0.05, 0.1) is 11.1 Å². The second-order valence-corrected chi connectivity index (χ2v) is 8.87. The first-order valence-electron chi connectivity index (χ1n) is 8.55. The van der Waals surface area contributed by atoms with Crippen molar-refractivity contribution in [2.24, 2.45) is 0 Å². The number of hydrogen-bond acceptors (Lipinski definition) is 8. The van der Waals surface area contributed by atoms with E-state index in [0.29, 0.717) is 31.8 Å². The van der Waals surface area contributed by atoms with E-state index in [0.717, 1.165) is 15.8 Å². The predicted molar refractivity (Wildman–Crippen MR) is 118 cm³/mol. The highest BCUT2D eigenvalue weighted by molar-refractivity contribution is 7.98. The number of thioether (sulfide) groups is 1. The Labute approximate surface area is 176 Å². The quantitative estimate of drug-likeness (QED) is 0.262. The molecule has 0 atom stereocenters. The number of thiophene rings is 1. The normalized spacial score (nSPS) is 11.4. The average molecular weight is 440 g/mol. The van der Waals surface area contributed by atoms with Gasteiger partial charge in [-0.05, 0) is 5.56 Å². The van der Waals surface area contributed by atoms with Crippen LogP contribution in [0.15, 0.2) is 68.1 Å². The fourth-order valence-corrected chi connectivity index (χ4v) is 5.55. The van der Waals surface area contributed by atoms with Crippen LogP contribution in [0.2, 0.25) is 0 Å². The smallest absolute Gasteiger partial charge is 0.282 e.